The van der Waals surface area contributed by atoms with Crippen molar-refractivity contribution in [2.75, 3.05) is 7.11 Å². The minimum atomic E-state index is -4.71. The number of carbonyl (C=O) groups is 1. The Bertz CT molecular complexity index is 676. The number of carbonyl (C=O) groups excluding carboxylic acids is 1. The van der Waals surface area contributed by atoms with Crippen LogP contribution < -0.4 is 4.74 Å². The number of esters is 1. The van der Waals surface area contributed by atoms with Gasteiger partial charge in [-0.1, -0.05) is 18.2 Å². The van der Waals surface area contributed by atoms with Gasteiger partial charge in [0.15, 0.2) is 0 Å². The van der Waals surface area contributed by atoms with E-state index in [-0.39, 0.29) is 5.75 Å². The molecule has 6 heteroatoms. The van der Waals surface area contributed by atoms with E-state index in [4.69, 9.17) is 0 Å². The fourth-order valence-electron chi connectivity index (χ4n) is 2.07. The first-order chi connectivity index (χ1) is 10.3. The number of rotatable bonds is 3. The second-order valence-electron chi connectivity index (χ2n) is 4.59. The first-order valence-corrected chi connectivity index (χ1v) is 6.35. The van der Waals surface area contributed by atoms with Crippen LogP contribution in [0.15, 0.2) is 42.5 Å². The van der Waals surface area contributed by atoms with E-state index < -0.39 is 12.3 Å². The average Bonchev–Trinajstić information content (AvgIpc) is 2.46. The van der Waals surface area contributed by atoms with Crippen LogP contribution in [-0.4, -0.2) is 19.4 Å². The molecule has 0 bridgehead atoms. The van der Waals surface area contributed by atoms with Crippen LogP contribution >= 0.6 is 0 Å². The van der Waals surface area contributed by atoms with E-state index in [9.17, 15) is 18.0 Å². The van der Waals surface area contributed by atoms with Crippen molar-refractivity contribution in [2.24, 2.45) is 0 Å². The molecule has 0 aliphatic heterocycles. The highest BCUT2D eigenvalue weighted by Gasteiger charge is 2.30. The minimum absolute atomic E-state index is 0.278. The first kappa shape index (κ1) is 15.9. The summed E-state index contributed by atoms with van der Waals surface area (Å²) in [6.45, 7) is 1.81. The molecule has 0 fully saturated rings. The van der Waals surface area contributed by atoms with Gasteiger partial charge in [-0.25, -0.2) is 4.79 Å². The molecular formula is C16H13F3O3. The topological polar surface area (TPSA) is 35.5 Å². The zero-order chi connectivity index (χ0) is 16.3. The van der Waals surface area contributed by atoms with E-state index in [1.807, 2.05) is 6.92 Å². The van der Waals surface area contributed by atoms with Gasteiger partial charge in [0.1, 0.15) is 5.75 Å². The van der Waals surface area contributed by atoms with Crippen molar-refractivity contribution in [1.29, 1.82) is 0 Å². The standard InChI is InChI=1S/C16H13F3O3/c1-10-9-12(15(20)21-2)5-8-14(10)11-3-6-13(7-4-11)22-16(17,18)19/h3-9H,1-2H3. The van der Waals surface area contributed by atoms with E-state index >= 15 is 0 Å². The summed E-state index contributed by atoms with van der Waals surface area (Å²) in [4.78, 5) is 11.4. The molecule has 0 radical (unpaired) electrons. The number of aryl methyl sites for hydroxylation is 1. The molecule has 0 N–H and O–H groups in total. The molecule has 0 aliphatic rings. The Labute approximate surface area is 125 Å². The zero-order valence-corrected chi connectivity index (χ0v) is 11.9. The molecule has 0 saturated carbocycles. The third-order valence-corrected chi connectivity index (χ3v) is 3.05. The summed E-state index contributed by atoms with van der Waals surface area (Å²) >= 11 is 0. The summed E-state index contributed by atoms with van der Waals surface area (Å²) in [5.74, 6) is -0.719. The second-order valence-corrected chi connectivity index (χ2v) is 4.59. The van der Waals surface area contributed by atoms with Crippen molar-refractivity contribution in [1.82, 2.24) is 0 Å². The number of halogens is 3. The maximum atomic E-state index is 12.1. The summed E-state index contributed by atoms with van der Waals surface area (Å²) in [7, 11) is 1.30. The Morgan fingerprint density at radius 1 is 1.05 bits per heavy atom. The van der Waals surface area contributed by atoms with E-state index in [0.717, 1.165) is 16.7 Å². The van der Waals surface area contributed by atoms with Crippen molar-refractivity contribution in [2.45, 2.75) is 13.3 Å². The number of ether oxygens (including phenoxy) is 2. The molecule has 0 amide bonds. The highest BCUT2D eigenvalue weighted by atomic mass is 19.4. The number of alkyl halides is 3. The van der Waals surface area contributed by atoms with Gasteiger partial charge in [0.2, 0.25) is 0 Å². The van der Waals surface area contributed by atoms with Gasteiger partial charge in [0.05, 0.1) is 12.7 Å². The van der Waals surface area contributed by atoms with Crippen LogP contribution in [0.4, 0.5) is 13.2 Å². The summed E-state index contributed by atoms with van der Waals surface area (Å²) < 4.78 is 44.8. The van der Waals surface area contributed by atoms with Gasteiger partial charge < -0.3 is 9.47 Å². The molecule has 0 spiro atoms. The smallest absolute Gasteiger partial charge is 0.465 e. The molecule has 0 heterocycles. The molecule has 3 nitrogen and oxygen atoms in total. The van der Waals surface area contributed by atoms with E-state index in [2.05, 4.69) is 9.47 Å². The number of hydrogen-bond donors (Lipinski definition) is 0. The first-order valence-electron chi connectivity index (χ1n) is 6.35. The molecule has 0 aromatic heterocycles. The maximum absolute atomic E-state index is 12.1. The largest absolute Gasteiger partial charge is 0.573 e. The summed E-state index contributed by atoms with van der Waals surface area (Å²) in [6, 6.07) is 10.5. The molecule has 116 valence electrons. The van der Waals surface area contributed by atoms with Gasteiger partial charge in [-0.05, 0) is 47.9 Å². The monoisotopic (exact) mass is 310 g/mol. The Morgan fingerprint density at radius 2 is 1.68 bits per heavy atom. The Morgan fingerprint density at radius 3 is 2.18 bits per heavy atom. The summed E-state index contributed by atoms with van der Waals surface area (Å²) in [6.07, 6.45) is -4.71. The zero-order valence-electron chi connectivity index (χ0n) is 11.9. The maximum Gasteiger partial charge on any atom is 0.573 e. The molecular weight excluding hydrogens is 297 g/mol. The predicted octanol–water partition coefficient (Wildman–Crippen LogP) is 4.35. The third-order valence-electron chi connectivity index (χ3n) is 3.05. The Hall–Kier alpha value is -2.50. The van der Waals surface area contributed by atoms with Crippen LogP contribution in [0.3, 0.4) is 0 Å². The van der Waals surface area contributed by atoms with Crippen molar-refractivity contribution in [3.8, 4) is 16.9 Å². The predicted molar refractivity (Wildman–Crippen MR) is 74.6 cm³/mol. The van der Waals surface area contributed by atoms with Crippen molar-refractivity contribution < 1.29 is 27.4 Å². The van der Waals surface area contributed by atoms with E-state index in [1.54, 1.807) is 18.2 Å². The fraction of sp³-hybridized carbons (Fsp3) is 0.188. The molecule has 2 rings (SSSR count). The fourth-order valence-corrected chi connectivity index (χ4v) is 2.07. The third kappa shape index (κ3) is 3.78. The average molecular weight is 310 g/mol. The lowest BCUT2D eigenvalue weighted by Gasteiger charge is -2.11. The number of methoxy groups -OCH3 is 1. The van der Waals surface area contributed by atoms with Gasteiger partial charge in [-0.15, -0.1) is 13.2 Å². The van der Waals surface area contributed by atoms with Crippen LogP contribution in [0.1, 0.15) is 15.9 Å². The highest BCUT2D eigenvalue weighted by molar-refractivity contribution is 5.90. The SMILES string of the molecule is COC(=O)c1ccc(-c2ccc(OC(F)(F)F)cc2)c(C)c1. The van der Waals surface area contributed by atoms with Crippen LogP contribution in [0, 0.1) is 6.92 Å². The van der Waals surface area contributed by atoms with Gasteiger partial charge in [-0.3, -0.25) is 0 Å². The molecule has 0 aliphatic carbocycles. The van der Waals surface area contributed by atoms with Crippen molar-refractivity contribution in [3.63, 3.8) is 0 Å². The Kier molecular flexibility index (Phi) is 4.40. The molecule has 0 atom stereocenters. The van der Waals surface area contributed by atoms with Crippen LogP contribution in [0.5, 0.6) is 5.75 Å². The van der Waals surface area contributed by atoms with Gasteiger partial charge >= 0.3 is 12.3 Å². The van der Waals surface area contributed by atoms with Crippen LogP contribution in [0.25, 0.3) is 11.1 Å². The number of hydrogen-bond acceptors (Lipinski definition) is 3. The van der Waals surface area contributed by atoms with Gasteiger partial charge in [-0.2, -0.15) is 0 Å². The lowest BCUT2D eigenvalue weighted by molar-refractivity contribution is -0.274. The van der Waals surface area contributed by atoms with Crippen molar-refractivity contribution >= 4 is 5.97 Å². The lowest BCUT2D eigenvalue weighted by atomic mass is 9.98. The normalized spacial score (nSPS) is 11.1. The van der Waals surface area contributed by atoms with Crippen molar-refractivity contribution in [3.05, 3.63) is 53.6 Å². The van der Waals surface area contributed by atoms with Crippen LogP contribution in [0.2, 0.25) is 0 Å². The molecule has 0 unspecified atom stereocenters. The quantitative estimate of drug-likeness (QED) is 0.791. The molecule has 2 aromatic carbocycles. The Balaban J connectivity index is 2.27. The van der Waals surface area contributed by atoms with Crippen LogP contribution in [-0.2, 0) is 4.74 Å². The summed E-state index contributed by atoms with van der Waals surface area (Å²) in [5.41, 5.74) is 2.77. The van der Waals surface area contributed by atoms with E-state index in [1.165, 1.54) is 31.4 Å². The van der Waals surface area contributed by atoms with Gasteiger partial charge in [0, 0.05) is 0 Å². The van der Waals surface area contributed by atoms with E-state index in [0.29, 0.717) is 5.56 Å². The molecule has 0 saturated heterocycles. The number of benzene rings is 2. The summed E-state index contributed by atoms with van der Waals surface area (Å²) in [5, 5.41) is 0. The minimum Gasteiger partial charge on any atom is -0.465 e. The lowest BCUT2D eigenvalue weighted by Crippen LogP contribution is -2.16. The second kappa shape index (κ2) is 6.09. The highest BCUT2D eigenvalue weighted by Crippen LogP contribution is 2.28. The molecule has 2 aromatic rings. The van der Waals surface area contributed by atoms with Gasteiger partial charge in [0.25, 0.3) is 0 Å². The molecule has 22 heavy (non-hydrogen) atoms.